The maximum Gasteiger partial charge on any atom is 0.167 e. The van der Waals surface area contributed by atoms with Crippen LogP contribution in [0, 0.1) is 12.8 Å². The highest BCUT2D eigenvalue weighted by Gasteiger charge is 2.52. The number of rotatable bonds is 2. The summed E-state index contributed by atoms with van der Waals surface area (Å²) < 4.78 is 0. The molecule has 0 aromatic heterocycles. The summed E-state index contributed by atoms with van der Waals surface area (Å²) in [5, 5.41) is 0. The van der Waals surface area contributed by atoms with Crippen LogP contribution in [0.3, 0.4) is 0 Å². The van der Waals surface area contributed by atoms with Crippen LogP contribution in [0.1, 0.15) is 53.6 Å². The van der Waals surface area contributed by atoms with Crippen LogP contribution in [0.5, 0.6) is 0 Å². The summed E-state index contributed by atoms with van der Waals surface area (Å²) in [6.07, 6.45) is 5.78. The second-order valence-corrected chi connectivity index (χ2v) is 5.73. The first-order valence-corrected chi connectivity index (χ1v) is 6.78. The SMILES string of the molecule is Cc1ccc2c(c1)C(=O)C(CC=O)C21CCCC1. The zero-order valence-electron chi connectivity index (χ0n) is 10.7. The molecule has 2 heteroatoms. The van der Waals surface area contributed by atoms with Gasteiger partial charge < -0.3 is 4.79 Å². The number of hydrogen-bond donors (Lipinski definition) is 0. The van der Waals surface area contributed by atoms with Crippen LogP contribution in [-0.4, -0.2) is 12.1 Å². The van der Waals surface area contributed by atoms with Gasteiger partial charge in [-0.05, 0) is 31.4 Å². The Balaban J connectivity index is 2.16. The highest BCUT2D eigenvalue weighted by atomic mass is 16.1. The molecule has 2 aliphatic carbocycles. The van der Waals surface area contributed by atoms with Crippen molar-refractivity contribution in [1.29, 1.82) is 0 Å². The molecule has 1 unspecified atom stereocenters. The molecule has 94 valence electrons. The van der Waals surface area contributed by atoms with Gasteiger partial charge in [-0.2, -0.15) is 0 Å². The van der Waals surface area contributed by atoms with Crippen molar-refractivity contribution in [3.05, 3.63) is 34.9 Å². The largest absolute Gasteiger partial charge is 0.303 e. The van der Waals surface area contributed by atoms with Crippen molar-refractivity contribution in [2.24, 2.45) is 5.92 Å². The summed E-state index contributed by atoms with van der Waals surface area (Å²) in [4.78, 5) is 23.5. The molecule has 0 amide bonds. The first-order valence-electron chi connectivity index (χ1n) is 6.78. The van der Waals surface area contributed by atoms with Crippen molar-refractivity contribution in [3.63, 3.8) is 0 Å². The number of aldehydes is 1. The van der Waals surface area contributed by atoms with Crippen LogP contribution in [0.2, 0.25) is 0 Å². The number of benzene rings is 1. The lowest BCUT2D eigenvalue weighted by atomic mass is 9.72. The highest BCUT2D eigenvalue weighted by molar-refractivity contribution is 6.05. The minimum Gasteiger partial charge on any atom is -0.303 e. The molecule has 0 bridgehead atoms. The number of ketones is 1. The average Bonchev–Trinajstić information content (AvgIpc) is 2.91. The first kappa shape index (κ1) is 11.6. The molecule has 18 heavy (non-hydrogen) atoms. The zero-order valence-corrected chi connectivity index (χ0v) is 10.7. The van der Waals surface area contributed by atoms with Crippen LogP contribution in [0.4, 0.5) is 0 Å². The molecule has 2 nitrogen and oxygen atoms in total. The molecule has 0 N–H and O–H groups in total. The Labute approximate surface area is 107 Å². The molecule has 2 aliphatic rings. The first-order chi connectivity index (χ1) is 8.69. The van der Waals surface area contributed by atoms with E-state index < -0.39 is 0 Å². The van der Waals surface area contributed by atoms with Gasteiger partial charge in [0.2, 0.25) is 0 Å². The molecule has 0 heterocycles. The fourth-order valence-electron chi connectivity index (χ4n) is 3.98. The summed E-state index contributed by atoms with van der Waals surface area (Å²) in [5.41, 5.74) is 3.19. The van der Waals surface area contributed by atoms with Crippen LogP contribution < -0.4 is 0 Å². The topological polar surface area (TPSA) is 34.1 Å². The number of hydrogen-bond acceptors (Lipinski definition) is 2. The van der Waals surface area contributed by atoms with Crippen molar-refractivity contribution >= 4 is 12.1 Å². The van der Waals surface area contributed by atoms with Crippen LogP contribution >= 0.6 is 0 Å². The highest BCUT2D eigenvalue weighted by Crippen LogP contribution is 2.54. The van der Waals surface area contributed by atoms with E-state index in [2.05, 4.69) is 12.1 Å². The monoisotopic (exact) mass is 242 g/mol. The Bertz CT molecular complexity index is 510. The number of Topliss-reactive ketones (excluding diaryl/α,β-unsaturated/α-hetero) is 1. The van der Waals surface area contributed by atoms with Crippen molar-refractivity contribution in [2.75, 3.05) is 0 Å². The smallest absolute Gasteiger partial charge is 0.167 e. The van der Waals surface area contributed by atoms with Crippen molar-refractivity contribution in [2.45, 2.75) is 44.4 Å². The minimum absolute atomic E-state index is 0.0268. The third-order valence-corrected chi connectivity index (χ3v) is 4.79. The number of carbonyl (C=O) groups is 2. The summed E-state index contributed by atoms with van der Waals surface area (Å²) in [7, 11) is 0. The van der Waals surface area contributed by atoms with E-state index in [1.807, 2.05) is 13.0 Å². The third-order valence-electron chi connectivity index (χ3n) is 4.79. The van der Waals surface area contributed by atoms with Gasteiger partial charge in [-0.25, -0.2) is 0 Å². The molecule has 1 atom stereocenters. The predicted molar refractivity (Wildman–Crippen MR) is 69.8 cm³/mol. The number of aryl methyl sites for hydroxylation is 1. The summed E-state index contributed by atoms with van der Waals surface area (Å²) >= 11 is 0. The molecule has 0 radical (unpaired) electrons. The average molecular weight is 242 g/mol. The van der Waals surface area contributed by atoms with E-state index in [4.69, 9.17) is 0 Å². The van der Waals surface area contributed by atoms with E-state index in [0.717, 1.165) is 30.3 Å². The van der Waals surface area contributed by atoms with Gasteiger partial charge in [-0.15, -0.1) is 0 Å². The molecule has 1 saturated carbocycles. The van der Waals surface area contributed by atoms with Gasteiger partial charge in [-0.1, -0.05) is 30.5 Å². The molecule has 1 spiro atoms. The van der Waals surface area contributed by atoms with Gasteiger partial charge in [-0.3, -0.25) is 4.79 Å². The lowest BCUT2D eigenvalue weighted by molar-refractivity contribution is -0.108. The van der Waals surface area contributed by atoms with Crippen LogP contribution in [0.25, 0.3) is 0 Å². The van der Waals surface area contributed by atoms with Gasteiger partial charge in [0.25, 0.3) is 0 Å². The molecule has 0 aliphatic heterocycles. The van der Waals surface area contributed by atoms with Crippen molar-refractivity contribution < 1.29 is 9.59 Å². The molecule has 1 fully saturated rings. The third kappa shape index (κ3) is 1.41. The maximum atomic E-state index is 12.5. The molecule has 0 saturated heterocycles. The molecular formula is C16H18O2. The van der Waals surface area contributed by atoms with Gasteiger partial charge in [0.15, 0.2) is 5.78 Å². The fraction of sp³-hybridized carbons (Fsp3) is 0.500. The number of fused-ring (bicyclic) bond motifs is 2. The Morgan fingerprint density at radius 1 is 1.33 bits per heavy atom. The van der Waals surface area contributed by atoms with E-state index in [1.165, 1.54) is 18.4 Å². The second-order valence-electron chi connectivity index (χ2n) is 5.73. The normalized spacial score (nSPS) is 24.5. The molecule has 3 rings (SSSR count). The van der Waals surface area contributed by atoms with Crippen molar-refractivity contribution in [3.8, 4) is 0 Å². The Hall–Kier alpha value is -1.44. The summed E-state index contributed by atoms with van der Waals surface area (Å²) in [6.45, 7) is 2.02. The quantitative estimate of drug-likeness (QED) is 0.746. The maximum absolute atomic E-state index is 12.5. The minimum atomic E-state index is -0.103. The van der Waals surface area contributed by atoms with E-state index >= 15 is 0 Å². The molecule has 1 aromatic rings. The van der Waals surface area contributed by atoms with Gasteiger partial charge in [0, 0.05) is 23.3 Å². The second kappa shape index (κ2) is 4.04. The van der Waals surface area contributed by atoms with Crippen LogP contribution in [0.15, 0.2) is 18.2 Å². The predicted octanol–water partition coefficient (Wildman–Crippen LogP) is 3.21. The van der Waals surface area contributed by atoms with E-state index in [-0.39, 0.29) is 17.1 Å². The number of carbonyl (C=O) groups excluding carboxylic acids is 2. The fourth-order valence-corrected chi connectivity index (χ4v) is 3.98. The van der Waals surface area contributed by atoms with Gasteiger partial charge in [0.05, 0.1) is 0 Å². The van der Waals surface area contributed by atoms with E-state index in [9.17, 15) is 9.59 Å². The Morgan fingerprint density at radius 2 is 2.06 bits per heavy atom. The summed E-state index contributed by atoms with van der Waals surface area (Å²) in [5.74, 6) is 0.0944. The summed E-state index contributed by atoms with van der Waals surface area (Å²) in [6, 6.07) is 6.22. The molecular weight excluding hydrogens is 224 g/mol. The zero-order chi connectivity index (χ0) is 12.8. The Morgan fingerprint density at radius 3 is 2.72 bits per heavy atom. The van der Waals surface area contributed by atoms with Gasteiger partial charge in [0.1, 0.15) is 6.29 Å². The Kier molecular flexibility index (Phi) is 2.61. The van der Waals surface area contributed by atoms with E-state index in [0.29, 0.717) is 6.42 Å². The van der Waals surface area contributed by atoms with Crippen molar-refractivity contribution in [1.82, 2.24) is 0 Å². The van der Waals surface area contributed by atoms with Crippen LogP contribution in [-0.2, 0) is 10.2 Å². The van der Waals surface area contributed by atoms with E-state index in [1.54, 1.807) is 0 Å². The lowest BCUT2D eigenvalue weighted by Crippen LogP contribution is -2.31. The lowest BCUT2D eigenvalue weighted by Gasteiger charge is -2.30. The standard InChI is InChI=1S/C16H18O2/c1-11-4-5-13-12(10-11)15(18)14(6-9-17)16(13)7-2-3-8-16/h4-5,9-10,14H,2-3,6-8H2,1H3. The molecule has 1 aromatic carbocycles. The van der Waals surface area contributed by atoms with Gasteiger partial charge >= 0.3 is 0 Å².